The quantitative estimate of drug-likeness (QED) is 0.627. The van der Waals surface area contributed by atoms with E-state index in [1.165, 1.54) is 25.0 Å². The number of hydrogen-bond donors (Lipinski definition) is 0. The Morgan fingerprint density at radius 1 is 1.27 bits per heavy atom. The molecule has 0 saturated heterocycles. The second kappa shape index (κ2) is 4.32. The van der Waals surface area contributed by atoms with Gasteiger partial charge in [-0.1, -0.05) is 20.8 Å². The Bertz CT molecular complexity index is 242. The predicted molar refractivity (Wildman–Crippen MR) is 69.3 cm³/mol. The molecule has 2 heteroatoms. The molecule has 1 atom stereocenters. The lowest BCUT2D eigenvalue weighted by molar-refractivity contribution is 0.185. The Morgan fingerprint density at radius 3 is 2.33 bits per heavy atom. The summed E-state index contributed by atoms with van der Waals surface area (Å²) in [5.41, 5.74) is 0.339. The predicted octanol–water partition coefficient (Wildman–Crippen LogP) is 4.57. The van der Waals surface area contributed by atoms with Crippen LogP contribution in [-0.4, -0.2) is 8.32 Å². The highest BCUT2D eigenvalue weighted by molar-refractivity contribution is 6.70. The molecule has 1 rings (SSSR count). The fraction of sp³-hybridized carbons (Fsp3) is 0.846. The van der Waals surface area contributed by atoms with E-state index in [-0.39, 0.29) is 0 Å². The molecular formula is C13H26OSi. The number of rotatable bonds is 2. The maximum Gasteiger partial charge on any atom is 0.241 e. The summed E-state index contributed by atoms with van der Waals surface area (Å²) in [5.74, 6) is 1.91. The number of hydrogen-bond acceptors (Lipinski definition) is 1. The second-order valence-corrected chi connectivity index (χ2v) is 11.1. The minimum absolute atomic E-state index is 0.339. The Labute approximate surface area is 96.0 Å². The molecular weight excluding hydrogens is 200 g/mol. The molecule has 0 radical (unpaired) electrons. The summed E-state index contributed by atoms with van der Waals surface area (Å²) in [7, 11) is -1.43. The molecule has 0 N–H and O–H groups in total. The molecule has 1 aliphatic rings. The summed E-state index contributed by atoms with van der Waals surface area (Å²) < 4.78 is 6.22. The van der Waals surface area contributed by atoms with Crippen LogP contribution >= 0.6 is 0 Å². The molecule has 0 aromatic heterocycles. The third kappa shape index (κ3) is 4.02. The molecule has 15 heavy (non-hydrogen) atoms. The van der Waals surface area contributed by atoms with Gasteiger partial charge in [0.05, 0.1) is 5.76 Å². The van der Waals surface area contributed by atoms with Crippen molar-refractivity contribution in [2.45, 2.75) is 59.7 Å². The van der Waals surface area contributed by atoms with Crippen LogP contribution in [-0.2, 0) is 4.43 Å². The van der Waals surface area contributed by atoms with Gasteiger partial charge in [0.25, 0.3) is 0 Å². The monoisotopic (exact) mass is 226 g/mol. The van der Waals surface area contributed by atoms with Crippen molar-refractivity contribution in [3.8, 4) is 0 Å². The van der Waals surface area contributed by atoms with E-state index in [9.17, 15) is 0 Å². The zero-order chi connectivity index (χ0) is 11.7. The Kier molecular flexibility index (Phi) is 3.70. The smallest absolute Gasteiger partial charge is 0.241 e. The first-order valence-electron chi connectivity index (χ1n) is 6.09. The van der Waals surface area contributed by atoms with Gasteiger partial charge in [0, 0.05) is 5.92 Å². The molecule has 88 valence electrons. The van der Waals surface area contributed by atoms with E-state index in [1.807, 2.05) is 0 Å². The minimum atomic E-state index is -1.43. The Balaban J connectivity index is 2.79. The molecule has 0 aromatic carbocycles. The largest absolute Gasteiger partial charge is 0.547 e. The fourth-order valence-corrected chi connectivity index (χ4v) is 3.11. The van der Waals surface area contributed by atoms with Crippen LogP contribution in [0.3, 0.4) is 0 Å². The van der Waals surface area contributed by atoms with Crippen molar-refractivity contribution < 1.29 is 4.43 Å². The van der Waals surface area contributed by atoms with Gasteiger partial charge in [0.1, 0.15) is 0 Å². The lowest BCUT2D eigenvalue weighted by atomic mass is 9.74. The van der Waals surface area contributed by atoms with Crippen molar-refractivity contribution in [2.24, 2.45) is 11.3 Å². The summed E-state index contributed by atoms with van der Waals surface area (Å²) in [6.45, 7) is 13.8. The van der Waals surface area contributed by atoms with Crippen molar-refractivity contribution in [1.29, 1.82) is 0 Å². The van der Waals surface area contributed by atoms with Crippen molar-refractivity contribution in [2.75, 3.05) is 0 Å². The molecule has 0 unspecified atom stereocenters. The third-order valence-corrected chi connectivity index (χ3v) is 3.70. The van der Waals surface area contributed by atoms with Gasteiger partial charge in [0.15, 0.2) is 0 Å². The molecule has 0 saturated carbocycles. The van der Waals surface area contributed by atoms with E-state index in [2.05, 4.69) is 46.5 Å². The van der Waals surface area contributed by atoms with Crippen molar-refractivity contribution in [3.05, 3.63) is 11.8 Å². The molecule has 0 fully saturated rings. The molecule has 1 nitrogen and oxygen atoms in total. The van der Waals surface area contributed by atoms with E-state index in [4.69, 9.17) is 4.43 Å². The van der Waals surface area contributed by atoms with Crippen LogP contribution in [0, 0.1) is 11.3 Å². The van der Waals surface area contributed by atoms with Crippen LogP contribution in [0.1, 0.15) is 40.0 Å². The van der Waals surface area contributed by atoms with Crippen LogP contribution in [0.2, 0.25) is 19.6 Å². The molecule has 1 aliphatic carbocycles. The molecule has 0 bridgehead atoms. The molecule has 0 heterocycles. The molecule has 0 aliphatic heterocycles. The van der Waals surface area contributed by atoms with Gasteiger partial charge in [-0.2, -0.15) is 0 Å². The van der Waals surface area contributed by atoms with Gasteiger partial charge < -0.3 is 4.43 Å². The van der Waals surface area contributed by atoms with Crippen molar-refractivity contribution in [1.82, 2.24) is 0 Å². The lowest BCUT2D eigenvalue weighted by Crippen LogP contribution is -2.32. The lowest BCUT2D eigenvalue weighted by Gasteiger charge is -2.37. The first-order chi connectivity index (χ1) is 6.70. The average molecular weight is 226 g/mol. The molecule has 0 amide bonds. The fourth-order valence-electron chi connectivity index (χ4n) is 2.18. The van der Waals surface area contributed by atoms with Crippen molar-refractivity contribution in [3.63, 3.8) is 0 Å². The SMILES string of the molecule is CC(C)(C)[C@H]1CCCC=C1O[Si](C)(C)C. The van der Waals surface area contributed by atoms with Gasteiger partial charge in [-0.25, -0.2) is 0 Å². The highest BCUT2D eigenvalue weighted by Gasteiger charge is 2.32. The van der Waals surface area contributed by atoms with Crippen LogP contribution in [0.4, 0.5) is 0 Å². The zero-order valence-corrected chi connectivity index (χ0v) is 12.2. The Morgan fingerprint density at radius 2 is 1.87 bits per heavy atom. The summed E-state index contributed by atoms with van der Waals surface area (Å²) in [5, 5.41) is 0. The highest BCUT2D eigenvalue weighted by atomic mass is 28.4. The van der Waals surface area contributed by atoms with Crippen LogP contribution in [0.5, 0.6) is 0 Å². The normalized spacial score (nSPS) is 23.6. The average Bonchev–Trinajstić information content (AvgIpc) is 1.99. The third-order valence-electron chi connectivity index (χ3n) is 2.86. The molecule has 0 aromatic rings. The zero-order valence-electron chi connectivity index (χ0n) is 11.2. The van der Waals surface area contributed by atoms with E-state index >= 15 is 0 Å². The topological polar surface area (TPSA) is 9.23 Å². The summed E-state index contributed by atoms with van der Waals surface area (Å²) in [4.78, 5) is 0. The minimum Gasteiger partial charge on any atom is -0.547 e. The van der Waals surface area contributed by atoms with Gasteiger partial charge in [-0.15, -0.1) is 0 Å². The van der Waals surface area contributed by atoms with Gasteiger partial charge in [0.2, 0.25) is 8.32 Å². The summed E-state index contributed by atoms with van der Waals surface area (Å²) in [6.07, 6.45) is 6.14. The Hall–Kier alpha value is -0.243. The number of allylic oxidation sites excluding steroid dienone is 2. The van der Waals surface area contributed by atoms with Crippen LogP contribution < -0.4 is 0 Å². The van der Waals surface area contributed by atoms with Crippen LogP contribution in [0.15, 0.2) is 11.8 Å². The summed E-state index contributed by atoms with van der Waals surface area (Å²) >= 11 is 0. The van der Waals surface area contributed by atoms with E-state index < -0.39 is 8.32 Å². The van der Waals surface area contributed by atoms with Crippen molar-refractivity contribution >= 4 is 8.32 Å². The van der Waals surface area contributed by atoms with Gasteiger partial charge in [-0.3, -0.25) is 0 Å². The van der Waals surface area contributed by atoms with E-state index in [0.717, 1.165) is 0 Å². The van der Waals surface area contributed by atoms with Gasteiger partial charge >= 0.3 is 0 Å². The maximum absolute atomic E-state index is 6.22. The van der Waals surface area contributed by atoms with Crippen LogP contribution in [0.25, 0.3) is 0 Å². The highest BCUT2D eigenvalue weighted by Crippen LogP contribution is 2.40. The first kappa shape index (κ1) is 12.8. The molecule has 0 spiro atoms. The van der Waals surface area contributed by atoms with E-state index in [0.29, 0.717) is 11.3 Å². The first-order valence-corrected chi connectivity index (χ1v) is 9.50. The van der Waals surface area contributed by atoms with Gasteiger partial charge in [-0.05, 0) is 50.4 Å². The summed E-state index contributed by atoms with van der Waals surface area (Å²) in [6, 6.07) is 0. The second-order valence-electron chi connectivity index (χ2n) is 6.67. The van der Waals surface area contributed by atoms with E-state index in [1.54, 1.807) is 0 Å². The maximum atomic E-state index is 6.22. The standard InChI is InChI=1S/C13H26OSi/c1-13(2,3)11-9-7-8-10-12(11)14-15(4,5)6/h10-11H,7-9H2,1-6H3/t11-/m0/s1.